The van der Waals surface area contributed by atoms with Crippen molar-refractivity contribution < 1.29 is 17.6 Å². The van der Waals surface area contributed by atoms with Crippen LogP contribution in [0.1, 0.15) is 42.0 Å². The largest absolute Gasteiger partial charge is 0.416 e. The molecule has 196 valence electrons. The third-order valence-corrected chi connectivity index (χ3v) is 6.56. The van der Waals surface area contributed by atoms with Crippen LogP contribution < -0.4 is 10.6 Å². The van der Waals surface area contributed by atoms with Crippen molar-refractivity contribution in [1.29, 1.82) is 0 Å². The Hall–Kier alpha value is -3.99. The minimum Gasteiger partial charge on any atom is -0.383 e. The quantitative estimate of drug-likeness (QED) is 0.153. The second kappa shape index (κ2) is 11.6. The average Bonchev–Trinajstić information content (AvgIpc) is 2.87. The van der Waals surface area contributed by atoms with Crippen LogP contribution in [0.5, 0.6) is 0 Å². The Labute approximate surface area is 221 Å². The molecule has 1 aliphatic rings. The van der Waals surface area contributed by atoms with Gasteiger partial charge in [0.05, 0.1) is 23.3 Å². The van der Waals surface area contributed by atoms with Gasteiger partial charge in [-0.3, -0.25) is 0 Å². The molecule has 0 aromatic heterocycles. The molecule has 3 aromatic rings. The van der Waals surface area contributed by atoms with Crippen molar-refractivity contribution in [3.8, 4) is 0 Å². The van der Waals surface area contributed by atoms with Crippen LogP contribution in [0.25, 0.3) is 0 Å². The molecule has 3 aromatic carbocycles. The van der Waals surface area contributed by atoms with E-state index in [-0.39, 0.29) is 17.6 Å². The molecule has 0 atom stereocenters. The number of thioether (sulfide) groups is 1. The summed E-state index contributed by atoms with van der Waals surface area (Å²) in [4.78, 5) is 10.1. The monoisotopic (exact) mass is 540 g/mol. The molecule has 0 saturated carbocycles. The maximum Gasteiger partial charge on any atom is 0.416 e. The third-order valence-electron chi connectivity index (χ3n) is 5.61. The van der Waals surface area contributed by atoms with Crippen LogP contribution in [0.15, 0.2) is 86.9 Å². The molecule has 1 aliphatic heterocycles. The summed E-state index contributed by atoms with van der Waals surface area (Å²) in [7, 11) is 0. The molecule has 4 rings (SSSR count). The number of anilines is 1. The van der Waals surface area contributed by atoms with Crippen LogP contribution in [0, 0.1) is 5.82 Å². The molecule has 0 aliphatic carbocycles. The van der Waals surface area contributed by atoms with Crippen LogP contribution in [-0.2, 0) is 6.18 Å². The van der Waals surface area contributed by atoms with E-state index in [9.17, 15) is 17.6 Å². The smallest absolute Gasteiger partial charge is 0.383 e. The number of rotatable bonds is 7. The van der Waals surface area contributed by atoms with Crippen molar-refractivity contribution in [2.75, 3.05) is 10.8 Å². The summed E-state index contributed by atoms with van der Waals surface area (Å²) in [5.41, 5.74) is 8.86. The standard InChI is InChI=1S/C27H24F4N6S/c1-17(2)23-13-21(28)9-12-24(23)37-16-38-26(37)36-35-14-18-3-5-19(6-4-18)25(32)34-15-33-22-10-7-20(8-11-22)27(29,30)31/h3-15,17H,16H2,1-2H3,(H2,32,33,34)/b35-14+,36-26-. The van der Waals surface area contributed by atoms with Crippen molar-refractivity contribution in [2.45, 2.75) is 25.9 Å². The average molecular weight is 541 g/mol. The van der Waals surface area contributed by atoms with Gasteiger partial charge in [0.1, 0.15) is 18.0 Å². The highest BCUT2D eigenvalue weighted by Gasteiger charge is 2.30. The molecule has 38 heavy (non-hydrogen) atoms. The van der Waals surface area contributed by atoms with Crippen LogP contribution in [0.2, 0.25) is 0 Å². The number of aliphatic imine (C=N–C) groups is 2. The molecule has 1 saturated heterocycles. The fourth-order valence-corrected chi connectivity index (χ4v) is 4.25. The van der Waals surface area contributed by atoms with E-state index in [1.165, 1.54) is 24.5 Å². The first-order chi connectivity index (χ1) is 18.1. The van der Waals surface area contributed by atoms with Crippen LogP contribution >= 0.6 is 11.8 Å². The zero-order valence-electron chi connectivity index (χ0n) is 20.5. The van der Waals surface area contributed by atoms with Gasteiger partial charge in [0.2, 0.25) is 0 Å². The maximum atomic E-state index is 13.7. The Balaban J connectivity index is 1.37. The summed E-state index contributed by atoms with van der Waals surface area (Å²) in [6.07, 6.45) is -1.59. The lowest BCUT2D eigenvalue weighted by atomic mass is 10.0. The Bertz CT molecular complexity index is 1390. The minimum absolute atomic E-state index is 0.168. The van der Waals surface area contributed by atoms with Gasteiger partial charge < -0.3 is 10.6 Å². The van der Waals surface area contributed by atoms with Gasteiger partial charge in [0.15, 0.2) is 5.17 Å². The zero-order valence-corrected chi connectivity index (χ0v) is 21.3. The normalized spacial score (nSPS) is 15.7. The first-order valence-corrected chi connectivity index (χ1v) is 12.5. The summed E-state index contributed by atoms with van der Waals surface area (Å²) in [6, 6.07) is 16.3. The summed E-state index contributed by atoms with van der Waals surface area (Å²) >= 11 is 1.56. The summed E-state index contributed by atoms with van der Waals surface area (Å²) in [5.74, 6) is 0.824. The molecule has 6 nitrogen and oxygen atoms in total. The van der Waals surface area contributed by atoms with Crippen molar-refractivity contribution in [3.63, 3.8) is 0 Å². The van der Waals surface area contributed by atoms with Gasteiger partial charge in [-0.2, -0.15) is 18.3 Å². The van der Waals surface area contributed by atoms with Crippen LogP contribution in [-0.4, -0.2) is 29.4 Å². The lowest BCUT2D eigenvalue weighted by Gasteiger charge is -2.35. The van der Waals surface area contributed by atoms with Crippen LogP contribution in [0.4, 0.5) is 28.9 Å². The van der Waals surface area contributed by atoms with Crippen molar-refractivity contribution in [1.82, 2.24) is 0 Å². The van der Waals surface area contributed by atoms with E-state index in [2.05, 4.69) is 20.2 Å². The van der Waals surface area contributed by atoms with Gasteiger partial charge in [-0.25, -0.2) is 14.4 Å². The fourth-order valence-electron chi connectivity index (χ4n) is 3.53. The molecule has 1 fully saturated rings. The second-order valence-corrected chi connectivity index (χ2v) is 9.52. The molecule has 0 unspecified atom stereocenters. The van der Waals surface area contributed by atoms with E-state index in [1.54, 1.807) is 54.4 Å². The van der Waals surface area contributed by atoms with Crippen molar-refractivity contribution in [3.05, 3.63) is 94.8 Å². The Morgan fingerprint density at radius 3 is 2.34 bits per heavy atom. The summed E-state index contributed by atoms with van der Waals surface area (Å²) in [5, 5.41) is 9.22. The van der Waals surface area contributed by atoms with Gasteiger partial charge in [0, 0.05) is 11.3 Å². The van der Waals surface area contributed by atoms with Crippen molar-refractivity contribution >= 4 is 46.7 Å². The predicted molar refractivity (Wildman–Crippen MR) is 147 cm³/mol. The van der Waals surface area contributed by atoms with Gasteiger partial charge in [-0.05, 0) is 59.5 Å². The van der Waals surface area contributed by atoms with Gasteiger partial charge in [-0.15, -0.1) is 5.10 Å². The Morgan fingerprint density at radius 2 is 1.74 bits per heavy atom. The van der Waals surface area contributed by atoms with E-state index in [0.717, 1.165) is 40.0 Å². The second-order valence-electron chi connectivity index (χ2n) is 8.61. The fraction of sp³-hybridized carbons (Fsp3) is 0.185. The highest BCUT2D eigenvalue weighted by atomic mass is 32.2. The predicted octanol–water partition coefficient (Wildman–Crippen LogP) is 6.93. The number of nitrogens with zero attached hydrogens (tertiary/aromatic N) is 5. The lowest BCUT2D eigenvalue weighted by Crippen LogP contribution is -2.39. The highest BCUT2D eigenvalue weighted by Crippen LogP contribution is 2.36. The molecule has 2 N–H and O–H groups in total. The Kier molecular flexibility index (Phi) is 8.26. The van der Waals surface area contributed by atoms with E-state index in [4.69, 9.17) is 5.73 Å². The van der Waals surface area contributed by atoms with E-state index in [1.807, 2.05) is 18.7 Å². The summed E-state index contributed by atoms with van der Waals surface area (Å²) in [6.45, 7) is 4.04. The van der Waals surface area contributed by atoms with Gasteiger partial charge in [-0.1, -0.05) is 49.9 Å². The molecule has 1 heterocycles. The molecular formula is C27H24F4N6S. The number of benzene rings is 3. The number of alkyl halides is 3. The summed E-state index contributed by atoms with van der Waals surface area (Å²) < 4.78 is 51.6. The SMILES string of the molecule is CC(C)c1cc(F)ccc1N1CS/C1=N\N=C\c1ccc(C(N)=NC=Nc2ccc(C(F)(F)F)cc2)cc1. The molecular weight excluding hydrogens is 516 g/mol. The third kappa shape index (κ3) is 6.65. The highest BCUT2D eigenvalue weighted by molar-refractivity contribution is 8.16. The number of amidine groups is 2. The zero-order chi connectivity index (χ0) is 27.3. The number of hydrogen-bond acceptors (Lipinski definition) is 4. The van der Waals surface area contributed by atoms with Crippen LogP contribution in [0.3, 0.4) is 0 Å². The van der Waals surface area contributed by atoms with E-state index >= 15 is 0 Å². The van der Waals surface area contributed by atoms with Gasteiger partial charge >= 0.3 is 6.18 Å². The molecule has 11 heteroatoms. The number of hydrogen-bond donors (Lipinski definition) is 1. The minimum atomic E-state index is -4.40. The van der Waals surface area contributed by atoms with E-state index in [0.29, 0.717) is 11.3 Å². The first kappa shape index (κ1) is 27.1. The molecule has 0 radical (unpaired) electrons. The van der Waals surface area contributed by atoms with Crippen molar-refractivity contribution in [2.24, 2.45) is 25.9 Å². The van der Waals surface area contributed by atoms with E-state index < -0.39 is 11.7 Å². The molecule has 0 spiro atoms. The Morgan fingerprint density at radius 1 is 1.03 bits per heavy atom. The molecule has 0 amide bonds. The maximum absolute atomic E-state index is 13.7. The topological polar surface area (TPSA) is 78.7 Å². The number of halogens is 4. The lowest BCUT2D eigenvalue weighted by molar-refractivity contribution is -0.137. The molecule has 0 bridgehead atoms. The van der Waals surface area contributed by atoms with Gasteiger partial charge in [0.25, 0.3) is 0 Å². The number of nitrogens with two attached hydrogens (primary N) is 1. The first-order valence-electron chi connectivity index (χ1n) is 11.6.